The van der Waals surface area contributed by atoms with Gasteiger partial charge in [0.1, 0.15) is 17.7 Å². The molecule has 9 heteroatoms. The fourth-order valence-corrected chi connectivity index (χ4v) is 3.47. The highest BCUT2D eigenvalue weighted by atomic mass is 19.1. The van der Waals surface area contributed by atoms with Gasteiger partial charge in [0, 0.05) is 12.6 Å². The van der Waals surface area contributed by atoms with Crippen LogP contribution in [0, 0.1) is 12.7 Å². The Labute approximate surface area is 217 Å². The van der Waals surface area contributed by atoms with Crippen LogP contribution in [-0.4, -0.2) is 49.5 Å². The molecule has 0 radical (unpaired) electrons. The van der Waals surface area contributed by atoms with Gasteiger partial charge in [0.15, 0.2) is 0 Å². The van der Waals surface area contributed by atoms with E-state index in [1.165, 1.54) is 26.3 Å². The van der Waals surface area contributed by atoms with Gasteiger partial charge in [0.25, 0.3) is 0 Å². The monoisotopic (exact) mass is 507 g/mol. The van der Waals surface area contributed by atoms with Gasteiger partial charge in [-0.25, -0.2) is 4.39 Å². The van der Waals surface area contributed by atoms with Crippen LogP contribution in [-0.2, 0) is 20.7 Å². The van der Waals surface area contributed by atoms with E-state index in [0.29, 0.717) is 17.6 Å². The second kappa shape index (κ2) is 14.4. The van der Waals surface area contributed by atoms with Crippen molar-refractivity contribution in [3.63, 3.8) is 0 Å². The zero-order chi connectivity index (χ0) is 27.4. The molecule has 2 N–H and O–H groups in total. The predicted molar refractivity (Wildman–Crippen MR) is 145 cm³/mol. The molecule has 196 valence electrons. The van der Waals surface area contributed by atoms with Crippen molar-refractivity contribution >= 4 is 29.3 Å². The number of hydrogen-bond donors (Lipinski definition) is 2. The minimum atomic E-state index is -0.790. The Balaban J connectivity index is 2.07. The highest BCUT2D eigenvalue weighted by molar-refractivity contribution is 6.10. The summed E-state index contributed by atoms with van der Waals surface area (Å²) in [7, 11) is 3.01. The molecule has 0 heterocycles. The van der Waals surface area contributed by atoms with Crippen LogP contribution in [0.15, 0.2) is 75.4 Å². The molecule has 0 unspecified atom stereocenters. The van der Waals surface area contributed by atoms with E-state index in [4.69, 9.17) is 4.74 Å². The molecule has 0 aromatic heterocycles. The van der Waals surface area contributed by atoms with Crippen molar-refractivity contribution in [1.82, 2.24) is 10.6 Å². The van der Waals surface area contributed by atoms with Crippen molar-refractivity contribution < 1.29 is 18.7 Å². The standard InChI is InChI=1S/C28H34FN5O3/c1-7-24(31-26(35)17-21-13-18(2)14-23(29)16-21)27(36)32-25(30-5)15-19(3)28(37-6)34-33-20(4)22-11-9-8-10-12-22/h8-16,24H,7,17H2,1-6H3,(H,31,35)(H,30,32,36)/b19-15+,33-20+,34-28+/t24-/m0/s1. The largest absolute Gasteiger partial charge is 0.480 e. The van der Waals surface area contributed by atoms with Crippen molar-refractivity contribution in [2.24, 2.45) is 15.2 Å². The van der Waals surface area contributed by atoms with Gasteiger partial charge in [0.05, 0.1) is 19.2 Å². The van der Waals surface area contributed by atoms with Gasteiger partial charge < -0.3 is 15.4 Å². The predicted octanol–water partition coefficient (Wildman–Crippen LogP) is 4.13. The minimum absolute atomic E-state index is 0.0350. The molecule has 0 aliphatic heterocycles. The van der Waals surface area contributed by atoms with E-state index in [-0.39, 0.29) is 24.1 Å². The molecular formula is C28H34FN5O3. The quantitative estimate of drug-likeness (QED) is 0.303. The summed E-state index contributed by atoms with van der Waals surface area (Å²) in [6.07, 6.45) is 1.93. The van der Waals surface area contributed by atoms with Gasteiger partial charge in [-0.15, -0.1) is 5.10 Å². The van der Waals surface area contributed by atoms with E-state index < -0.39 is 17.8 Å². The summed E-state index contributed by atoms with van der Waals surface area (Å²) in [4.78, 5) is 29.5. The van der Waals surface area contributed by atoms with E-state index >= 15 is 0 Å². The molecule has 0 saturated carbocycles. The van der Waals surface area contributed by atoms with Gasteiger partial charge in [0.2, 0.25) is 17.7 Å². The normalized spacial score (nSPS) is 13.7. The molecule has 2 amide bonds. The highest BCUT2D eigenvalue weighted by Crippen LogP contribution is 2.09. The average Bonchev–Trinajstić information content (AvgIpc) is 2.86. The number of halogens is 1. The summed E-state index contributed by atoms with van der Waals surface area (Å²) in [5.74, 6) is -0.682. The first kappa shape index (κ1) is 29.1. The van der Waals surface area contributed by atoms with Gasteiger partial charge in [-0.1, -0.05) is 43.3 Å². The number of aryl methyl sites for hydroxylation is 1. The number of ether oxygens (including phenoxy) is 1. The van der Waals surface area contributed by atoms with Crippen LogP contribution in [0.1, 0.15) is 43.9 Å². The number of carbonyl (C=O) groups is 2. The molecule has 0 bridgehead atoms. The van der Waals surface area contributed by atoms with Gasteiger partial charge >= 0.3 is 0 Å². The fraction of sp³-hybridized carbons (Fsp3) is 0.321. The van der Waals surface area contributed by atoms with Crippen LogP contribution in [0.2, 0.25) is 0 Å². The fourth-order valence-electron chi connectivity index (χ4n) is 3.47. The first-order valence-electron chi connectivity index (χ1n) is 11.9. The Bertz CT molecular complexity index is 1200. The van der Waals surface area contributed by atoms with Gasteiger partial charge in [-0.3, -0.25) is 14.6 Å². The summed E-state index contributed by atoms with van der Waals surface area (Å²) in [5, 5.41) is 13.9. The number of rotatable bonds is 9. The molecule has 37 heavy (non-hydrogen) atoms. The maximum absolute atomic E-state index is 13.6. The van der Waals surface area contributed by atoms with Crippen molar-refractivity contribution in [2.75, 3.05) is 14.2 Å². The summed E-state index contributed by atoms with van der Waals surface area (Å²) in [5.41, 5.74) is 3.50. The summed E-state index contributed by atoms with van der Waals surface area (Å²) in [6, 6.07) is 13.3. The van der Waals surface area contributed by atoms with Crippen LogP contribution < -0.4 is 10.6 Å². The number of benzene rings is 2. The zero-order valence-electron chi connectivity index (χ0n) is 22.1. The first-order valence-corrected chi connectivity index (χ1v) is 11.9. The highest BCUT2D eigenvalue weighted by Gasteiger charge is 2.20. The second-order valence-electron chi connectivity index (χ2n) is 8.43. The lowest BCUT2D eigenvalue weighted by Crippen LogP contribution is -2.48. The molecule has 0 aliphatic rings. The average molecular weight is 508 g/mol. The van der Waals surface area contributed by atoms with Crippen molar-refractivity contribution in [1.29, 1.82) is 0 Å². The van der Waals surface area contributed by atoms with Crippen LogP contribution >= 0.6 is 0 Å². The third-order valence-electron chi connectivity index (χ3n) is 5.39. The molecule has 0 aliphatic carbocycles. The lowest BCUT2D eigenvalue weighted by Gasteiger charge is -2.17. The number of carbonyl (C=O) groups excluding carboxylic acids is 2. The smallest absolute Gasteiger partial charge is 0.248 e. The maximum atomic E-state index is 13.6. The van der Waals surface area contributed by atoms with Crippen LogP contribution in [0.3, 0.4) is 0 Å². The second-order valence-corrected chi connectivity index (χ2v) is 8.43. The third-order valence-corrected chi connectivity index (χ3v) is 5.39. The SMILES string of the molecule is CC[C@H](NC(=O)Cc1cc(C)cc(F)c1)C(=O)NC(/C=C(C)/C(=N\N=C(/C)c1ccccc1)OC)=NC. The van der Waals surface area contributed by atoms with Gasteiger partial charge in [-0.05, 0) is 62.1 Å². The lowest BCUT2D eigenvalue weighted by atomic mass is 10.1. The third kappa shape index (κ3) is 9.44. The van der Waals surface area contributed by atoms with Crippen molar-refractivity contribution in [2.45, 2.75) is 46.6 Å². The molecule has 2 aromatic rings. The van der Waals surface area contributed by atoms with E-state index in [0.717, 1.165) is 16.8 Å². The van der Waals surface area contributed by atoms with E-state index in [2.05, 4.69) is 25.8 Å². The van der Waals surface area contributed by atoms with Crippen molar-refractivity contribution in [3.05, 3.63) is 82.7 Å². The molecular weight excluding hydrogens is 473 g/mol. The number of hydrogen-bond acceptors (Lipinski definition) is 6. The molecule has 8 nitrogen and oxygen atoms in total. The summed E-state index contributed by atoms with van der Waals surface area (Å²) < 4.78 is 19.0. The van der Waals surface area contributed by atoms with E-state index in [1.807, 2.05) is 37.3 Å². The Hall–Kier alpha value is -4.14. The van der Waals surface area contributed by atoms with Crippen molar-refractivity contribution in [3.8, 4) is 0 Å². The number of nitrogens with zero attached hydrogens (tertiary/aromatic N) is 3. The maximum Gasteiger partial charge on any atom is 0.248 e. The number of aliphatic imine (C=N–C) groups is 1. The Morgan fingerprint density at radius 1 is 1.11 bits per heavy atom. The molecule has 0 saturated heterocycles. The number of methoxy groups -OCH3 is 1. The summed E-state index contributed by atoms with van der Waals surface area (Å²) >= 11 is 0. The molecule has 2 aromatic carbocycles. The molecule has 0 spiro atoms. The summed E-state index contributed by atoms with van der Waals surface area (Å²) in [6.45, 7) is 7.14. The minimum Gasteiger partial charge on any atom is -0.480 e. The van der Waals surface area contributed by atoms with Gasteiger partial charge in [-0.2, -0.15) is 5.10 Å². The van der Waals surface area contributed by atoms with Crippen LogP contribution in [0.25, 0.3) is 0 Å². The Morgan fingerprint density at radius 3 is 2.41 bits per heavy atom. The van der Waals surface area contributed by atoms with E-state index in [9.17, 15) is 14.0 Å². The topological polar surface area (TPSA) is 105 Å². The zero-order valence-corrected chi connectivity index (χ0v) is 22.1. The molecule has 1 atom stereocenters. The molecule has 0 fully saturated rings. The number of nitrogens with one attached hydrogen (secondary N) is 2. The number of amides is 2. The lowest BCUT2D eigenvalue weighted by molar-refractivity contribution is -0.127. The number of amidine groups is 1. The van der Waals surface area contributed by atoms with Crippen LogP contribution in [0.5, 0.6) is 0 Å². The Kier molecular flexibility index (Phi) is 11.3. The Morgan fingerprint density at radius 2 is 1.81 bits per heavy atom. The first-order chi connectivity index (χ1) is 17.7. The molecule has 2 rings (SSSR count). The van der Waals surface area contributed by atoms with Crippen LogP contribution in [0.4, 0.5) is 4.39 Å². The van der Waals surface area contributed by atoms with E-state index in [1.54, 1.807) is 32.9 Å².